The molecule has 1 aromatic rings. The van der Waals surface area contributed by atoms with Crippen LogP contribution in [0, 0.1) is 0 Å². The van der Waals surface area contributed by atoms with Crippen molar-refractivity contribution in [2.45, 2.75) is 57.2 Å². The lowest BCUT2D eigenvalue weighted by molar-refractivity contribution is -0.134. The van der Waals surface area contributed by atoms with Crippen LogP contribution < -0.4 is 5.32 Å². The molecule has 1 N–H and O–H groups in total. The zero-order valence-electron chi connectivity index (χ0n) is 12.4. The van der Waals surface area contributed by atoms with Crippen molar-refractivity contribution in [3.05, 3.63) is 34.3 Å². The Morgan fingerprint density at radius 1 is 1.19 bits per heavy atom. The van der Waals surface area contributed by atoms with Crippen LogP contribution in [0.1, 0.15) is 44.1 Å². The van der Waals surface area contributed by atoms with Crippen molar-refractivity contribution in [1.29, 1.82) is 0 Å². The highest BCUT2D eigenvalue weighted by Crippen LogP contribution is 2.31. The van der Waals surface area contributed by atoms with Crippen LogP contribution in [-0.4, -0.2) is 29.4 Å². The summed E-state index contributed by atoms with van der Waals surface area (Å²) in [4.78, 5) is 15.0. The van der Waals surface area contributed by atoms with E-state index in [1.54, 1.807) is 0 Å². The maximum Gasteiger partial charge on any atom is 0.240 e. The fourth-order valence-corrected chi connectivity index (χ4v) is 3.43. The molecule has 1 saturated heterocycles. The highest BCUT2D eigenvalue weighted by atomic mass is 79.9. The topological polar surface area (TPSA) is 32.3 Å². The summed E-state index contributed by atoms with van der Waals surface area (Å²) in [5.74, 6) is 0.301. The van der Waals surface area contributed by atoms with Crippen LogP contribution in [0.5, 0.6) is 0 Å². The third-order valence-electron chi connectivity index (χ3n) is 4.43. The van der Waals surface area contributed by atoms with Gasteiger partial charge in [-0.2, -0.15) is 0 Å². The smallest absolute Gasteiger partial charge is 0.240 e. The van der Waals surface area contributed by atoms with Crippen LogP contribution in [0.4, 0.5) is 0 Å². The molecule has 1 unspecified atom stereocenters. The van der Waals surface area contributed by atoms with Gasteiger partial charge in [-0.3, -0.25) is 4.79 Å². The van der Waals surface area contributed by atoms with E-state index in [0.29, 0.717) is 11.9 Å². The van der Waals surface area contributed by atoms with Gasteiger partial charge >= 0.3 is 0 Å². The van der Waals surface area contributed by atoms with E-state index < -0.39 is 0 Å². The molecular weight excluding hydrogens is 328 g/mol. The Hall–Kier alpha value is -0.870. The summed E-state index contributed by atoms with van der Waals surface area (Å²) < 4.78 is 1.09. The van der Waals surface area contributed by atoms with E-state index in [1.807, 2.05) is 12.1 Å². The van der Waals surface area contributed by atoms with Crippen molar-refractivity contribution < 1.29 is 4.79 Å². The highest BCUT2D eigenvalue weighted by molar-refractivity contribution is 9.10. The molecule has 3 rings (SSSR count). The van der Waals surface area contributed by atoms with Gasteiger partial charge in [-0.05, 0) is 43.9 Å². The first-order chi connectivity index (χ1) is 10.3. The van der Waals surface area contributed by atoms with Gasteiger partial charge < -0.3 is 10.2 Å². The van der Waals surface area contributed by atoms with E-state index in [2.05, 4.69) is 38.3 Å². The molecular formula is C17H23BrN2O. The van der Waals surface area contributed by atoms with Crippen molar-refractivity contribution >= 4 is 21.8 Å². The quantitative estimate of drug-likeness (QED) is 0.901. The van der Waals surface area contributed by atoms with Gasteiger partial charge in [-0.25, -0.2) is 0 Å². The number of rotatable bonds is 4. The number of halogens is 1. The first kappa shape index (κ1) is 15.0. The van der Waals surface area contributed by atoms with E-state index in [4.69, 9.17) is 0 Å². The molecule has 0 bridgehead atoms. The number of carbonyl (C=O) groups excluding carboxylic acids is 1. The van der Waals surface area contributed by atoms with E-state index in [1.165, 1.54) is 18.4 Å². The molecule has 2 aliphatic rings. The van der Waals surface area contributed by atoms with Crippen molar-refractivity contribution in [3.8, 4) is 0 Å². The van der Waals surface area contributed by atoms with Gasteiger partial charge in [-0.15, -0.1) is 0 Å². The summed E-state index contributed by atoms with van der Waals surface area (Å²) in [5, 5.41) is 3.44. The fraction of sp³-hybridized carbons (Fsp3) is 0.588. The van der Waals surface area contributed by atoms with Gasteiger partial charge in [0.2, 0.25) is 5.91 Å². The second-order valence-corrected chi connectivity index (χ2v) is 7.00. The van der Waals surface area contributed by atoms with Crippen LogP contribution in [0.15, 0.2) is 28.7 Å². The summed E-state index contributed by atoms with van der Waals surface area (Å²) in [6.45, 7) is 1.70. The number of benzene rings is 1. The normalized spacial score (nSPS) is 22.6. The molecule has 1 heterocycles. The van der Waals surface area contributed by atoms with E-state index in [-0.39, 0.29) is 6.04 Å². The number of nitrogens with zero attached hydrogens (tertiary/aromatic N) is 1. The average Bonchev–Trinajstić information content (AvgIpc) is 3.32. The van der Waals surface area contributed by atoms with Gasteiger partial charge in [-0.1, -0.05) is 47.0 Å². The Balaban J connectivity index is 1.72. The van der Waals surface area contributed by atoms with Crippen LogP contribution in [0.25, 0.3) is 0 Å². The third-order valence-corrected chi connectivity index (χ3v) is 5.20. The summed E-state index contributed by atoms with van der Waals surface area (Å²) in [6, 6.07) is 8.69. The Kier molecular flexibility index (Phi) is 4.96. The minimum absolute atomic E-state index is 0.0237. The molecule has 21 heavy (non-hydrogen) atoms. The van der Waals surface area contributed by atoms with Gasteiger partial charge in [0.15, 0.2) is 0 Å². The zero-order valence-corrected chi connectivity index (χ0v) is 13.9. The second-order valence-electron chi connectivity index (χ2n) is 6.14. The molecule has 3 nitrogen and oxygen atoms in total. The Labute approximate surface area is 135 Å². The minimum atomic E-state index is 0.0237. The minimum Gasteiger partial charge on any atom is -0.334 e. The molecule has 1 aliphatic heterocycles. The molecule has 0 radical (unpaired) electrons. The Morgan fingerprint density at radius 2 is 2.00 bits per heavy atom. The molecule has 4 heteroatoms. The fourth-order valence-electron chi connectivity index (χ4n) is 3.02. The van der Waals surface area contributed by atoms with Gasteiger partial charge in [0, 0.05) is 17.1 Å². The lowest BCUT2D eigenvalue weighted by Gasteiger charge is -2.28. The predicted octanol–water partition coefficient (Wildman–Crippen LogP) is 3.47. The average molecular weight is 351 g/mol. The van der Waals surface area contributed by atoms with Crippen molar-refractivity contribution in [2.24, 2.45) is 0 Å². The standard InChI is InChI=1S/C17H23BrN2O/c18-15-7-4-3-6-13(15)12-20(14-9-10-14)17(21)16-8-2-1-5-11-19-16/h3-4,6-7,14,16,19H,1-2,5,8-12H2. The van der Waals surface area contributed by atoms with Gasteiger partial charge in [0.05, 0.1) is 6.04 Å². The molecule has 0 aromatic heterocycles. The third kappa shape index (κ3) is 3.86. The summed E-state index contributed by atoms with van der Waals surface area (Å²) in [7, 11) is 0. The SMILES string of the molecule is O=C(C1CCCCCN1)N(Cc1ccccc1Br)C1CC1. The molecule has 114 valence electrons. The summed E-state index contributed by atoms with van der Waals surface area (Å²) >= 11 is 3.60. The zero-order chi connectivity index (χ0) is 14.7. The van der Waals surface area contributed by atoms with E-state index >= 15 is 0 Å². The number of hydrogen-bond acceptors (Lipinski definition) is 2. The van der Waals surface area contributed by atoms with Crippen molar-refractivity contribution in [2.75, 3.05) is 6.54 Å². The second kappa shape index (κ2) is 6.93. The first-order valence-electron chi connectivity index (χ1n) is 8.03. The number of carbonyl (C=O) groups is 1. The lowest BCUT2D eigenvalue weighted by Crippen LogP contribution is -2.46. The number of hydrogen-bond donors (Lipinski definition) is 1. The molecule has 1 aromatic carbocycles. The van der Waals surface area contributed by atoms with Crippen LogP contribution in [-0.2, 0) is 11.3 Å². The van der Waals surface area contributed by atoms with E-state index in [0.717, 1.165) is 43.2 Å². The van der Waals surface area contributed by atoms with E-state index in [9.17, 15) is 4.79 Å². The summed E-state index contributed by atoms with van der Waals surface area (Å²) in [5.41, 5.74) is 1.20. The monoisotopic (exact) mass is 350 g/mol. The molecule has 0 spiro atoms. The molecule has 1 aliphatic carbocycles. The van der Waals surface area contributed by atoms with Crippen LogP contribution in [0.3, 0.4) is 0 Å². The molecule has 1 amide bonds. The van der Waals surface area contributed by atoms with Crippen LogP contribution >= 0.6 is 15.9 Å². The molecule has 1 atom stereocenters. The van der Waals surface area contributed by atoms with Crippen molar-refractivity contribution in [1.82, 2.24) is 10.2 Å². The van der Waals surface area contributed by atoms with Crippen LogP contribution in [0.2, 0.25) is 0 Å². The summed E-state index contributed by atoms with van der Waals surface area (Å²) in [6.07, 6.45) is 6.89. The van der Waals surface area contributed by atoms with Gasteiger partial charge in [0.25, 0.3) is 0 Å². The maximum atomic E-state index is 12.9. The maximum absolute atomic E-state index is 12.9. The van der Waals surface area contributed by atoms with Gasteiger partial charge in [0.1, 0.15) is 0 Å². The first-order valence-corrected chi connectivity index (χ1v) is 8.82. The number of nitrogens with one attached hydrogen (secondary N) is 1. The molecule has 2 fully saturated rings. The Bertz CT molecular complexity index is 493. The Morgan fingerprint density at radius 3 is 2.76 bits per heavy atom. The largest absolute Gasteiger partial charge is 0.334 e. The molecule has 1 saturated carbocycles. The van der Waals surface area contributed by atoms with Crippen molar-refractivity contribution in [3.63, 3.8) is 0 Å². The highest BCUT2D eigenvalue weighted by Gasteiger charge is 2.36. The number of amides is 1. The lowest BCUT2D eigenvalue weighted by atomic mass is 10.1. The predicted molar refractivity (Wildman–Crippen MR) is 88.0 cm³/mol.